The molecule has 1 aliphatic heterocycles. The molecule has 28 heavy (non-hydrogen) atoms. The van der Waals surface area contributed by atoms with Crippen LogP contribution in [0.1, 0.15) is 24.8 Å². The number of fused-ring (bicyclic) bond motifs is 1. The summed E-state index contributed by atoms with van der Waals surface area (Å²) in [6.45, 7) is 1.60. The van der Waals surface area contributed by atoms with E-state index in [1.54, 1.807) is 0 Å². The van der Waals surface area contributed by atoms with E-state index in [4.69, 9.17) is 9.47 Å². The average molecular weight is 447 g/mol. The Labute approximate surface area is 172 Å². The highest BCUT2D eigenvalue weighted by Gasteiger charge is 2.11. The van der Waals surface area contributed by atoms with Gasteiger partial charge in [-0.3, -0.25) is 9.59 Å². The summed E-state index contributed by atoms with van der Waals surface area (Å²) < 4.78 is 12.2. The topological polar surface area (TPSA) is 76.7 Å². The fraction of sp³-hybridized carbons (Fsp3) is 0.333. The first-order valence-corrected chi connectivity index (χ1v) is 10.1. The first kappa shape index (κ1) is 20.2. The van der Waals surface area contributed by atoms with Crippen molar-refractivity contribution in [1.29, 1.82) is 0 Å². The first-order valence-electron chi connectivity index (χ1n) is 9.31. The van der Waals surface area contributed by atoms with Crippen molar-refractivity contribution in [2.45, 2.75) is 25.7 Å². The highest BCUT2D eigenvalue weighted by atomic mass is 79.9. The summed E-state index contributed by atoms with van der Waals surface area (Å²) in [5.41, 5.74) is 1.75. The second kappa shape index (κ2) is 10.1. The minimum Gasteiger partial charge on any atom is -0.490 e. The largest absolute Gasteiger partial charge is 0.490 e. The fourth-order valence-electron chi connectivity index (χ4n) is 2.78. The lowest BCUT2D eigenvalue weighted by Gasteiger charge is -2.10. The number of aryl methyl sites for hydroxylation is 1. The Hall–Kier alpha value is -2.54. The van der Waals surface area contributed by atoms with Gasteiger partial charge in [-0.15, -0.1) is 0 Å². The van der Waals surface area contributed by atoms with E-state index in [2.05, 4.69) is 26.6 Å². The molecule has 0 fully saturated rings. The molecule has 2 amide bonds. The van der Waals surface area contributed by atoms with Crippen molar-refractivity contribution in [3.63, 3.8) is 0 Å². The molecule has 0 radical (unpaired) electrons. The van der Waals surface area contributed by atoms with E-state index in [0.29, 0.717) is 32.6 Å². The van der Waals surface area contributed by atoms with Gasteiger partial charge in [0.15, 0.2) is 11.5 Å². The van der Waals surface area contributed by atoms with Gasteiger partial charge in [0.05, 0.1) is 13.2 Å². The molecule has 7 heteroatoms. The van der Waals surface area contributed by atoms with Gasteiger partial charge >= 0.3 is 0 Å². The normalized spacial score (nSPS) is 12.8. The third kappa shape index (κ3) is 6.27. The van der Waals surface area contributed by atoms with Gasteiger partial charge in [0, 0.05) is 36.0 Å². The lowest BCUT2D eigenvalue weighted by Crippen LogP contribution is -2.27. The number of ether oxygens (including phenoxy) is 2. The smallest absolute Gasteiger partial charge is 0.226 e. The third-order valence-corrected chi connectivity index (χ3v) is 4.78. The van der Waals surface area contributed by atoms with Crippen LogP contribution in [0.15, 0.2) is 46.9 Å². The number of halogens is 1. The highest BCUT2D eigenvalue weighted by Crippen LogP contribution is 2.30. The van der Waals surface area contributed by atoms with Crippen molar-refractivity contribution in [2.24, 2.45) is 0 Å². The molecule has 2 aromatic carbocycles. The zero-order valence-electron chi connectivity index (χ0n) is 15.5. The van der Waals surface area contributed by atoms with Gasteiger partial charge in [-0.1, -0.05) is 22.0 Å². The van der Waals surface area contributed by atoms with Crippen molar-refractivity contribution in [2.75, 3.05) is 25.1 Å². The Balaban J connectivity index is 1.37. The standard InChI is InChI=1S/C21H23BrN2O4/c22-16-4-6-17(7-5-16)24-21(26)10-11-23-20(25)9-3-15-2-8-18-19(14-15)28-13-1-12-27-18/h2,4-8,14H,1,3,9-13H2,(H,23,25)(H,24,26). The molecule has 148 valence electrons. The Morgan fingerprint density at radius 3 is 2.46 bits per heavy atom. The summed E-state index contributed by atoms with van der Waals surface area (Å²) >= 11 is 3.35. The summed E-state index contributed by atoms with van der Waals surface area (Å²) in [5.74, 6) is 1.27. The minimum atomic E-state index is -0.134. The molecule has 1 aliphatic rings. The second-order valence-corrected chi connectivity index (χ2v) is 7.40. The second-order valence-electron chi connectivity index (χ2n) is 6.49. The van der Waals surface area contributed by atoms with Gasteiger partial charge < -0.3 is 20.1 Å². The van der Waals surface area contributed by atoms with Gasteiger partial charge in [-0.05, 0) is 48.4 Å². The summed E-state index contributed by atoms with van der Waals surface area (Å²) in [4.78, 5) is 24.0. The van der Waals surface area contributed by atoms with E-state index in [0.717, 1.165) is 33.6 Å². The molecule has 0 spiro atoms. The SMILES string of the molecule is O=C(CCc1ccc2c(c1)OCCCO2)NCCC(=O)Nc1ccc(Br)cc1. The maximum atomic E-state index is 12.0. The van der Waals surface area contributed by atoms with Crippen LogP contribution in [-0.2, 0) is 16.0 Å². The van der Waals surface area contributed by atoms with Crippen molar-refractivity contribution in [3.8, 4) is 11.5 Å². The number of rotatable bonds is 7. The Bertz CT molecular complexity index is 824. The molecule has 6 nitrogen and oxygen atoms in total. The molecule has 0 aliphatic carbocycles. The lowest BCUT2D eigenvalue weighted by atomic mass is 10.1. The van der Waals surface area contributed by atoms with Crippen molar-refractivity contribution < 1.29 is 19.1 Å². The number of anilines is 1. The van der Waals surface area contributed by atoms with Crippen molar-refractivity contribution >= 4 is 33.4 Å². The number of nitrogens with one attached hydrogen (secondary N) is 2. The monoisotopic (exact) mass is 446 g/mol. The Morgan fingerprint density at radius 2 is 1.68 bits per heavy atom. The molecule has 3 rings (SSSR count). The molecule has 0 saturated carbocycles. The average Bonchev–Trinajstić information content (AvgIpc) is 2.93. The van der Waals surface area contributed by atoms with Gasteiger partial charge in [-0.2, -0.15) is 0 Å². The summed E-state index contributed by atoms with van der Waals surface area (Å²) in [7, 11) is 0. The quantitative estimate of drug-likeness (QED) is 0.679. The van der Waals surface area contributed by atoms with E-state index in [1.807, 2.05) is 42.5 Å². The van der Waals surface area contributed by atoms with E-state index in [-0.39, 0.29) is 18.2 Å². The van der Waals surface area contributed by atoms with Gasteiger partial charge in [-0.25, -0.2) is 0 Å². The number of carbonyl (C=O) groups is 2. The molecule has 0 unspecified atom stereocenters. The van der Waals surface area contributed by atoms with E-state index >= 15 is 0 Å². The molecule has 0 saturated heterocycles. The molecule has 0 bridgehead atoms. The molecule has 0 atom stereocenters. The number of hydrogen-bond donors (Lipinski definition) is 2. The fourth-order valence-corrected chi connectivity index (χ4v) is 3.05. The maximum absolute atomic E-state index is 12.0. The van der Waals surface area contributed by atoms with Crippen molar-refractivity contribution in [3.05, 3.63) is 52.5 Å². The predicted octanol–water partition coefficient (Wildman–Crippen LogP) is 3.69. The third-order valence-electron chi connectivity index (χ3n) is 4.25. The predicted molar refractivity (Wildman–Crippen MR) is 111 cm³/mol. The number of amides is 2. The first-order chi connectivity index (χ1) is 13.6. The van der Waals surface area contributed by atoms with Crippen LogP contribution >= 0.6 is 15.9 Å². The lowest BCUT2D eigenvalue weighted by molar-refractivity contribution is -0.121. The van der Waals surface area contributed by atoms with Crippen LogP contribution < -0.4 is 20.1 Å². The van der Waals surface area contributed by atoms with Crippen LogP contribution in [0.4, 0.5) is 5.69 Å². The highest BCUT2D eigenvalue weighted by molar-refractivity contribution is 9.10. The molecule has 2 N–H and O–H groups in total. The Kier molecular flexibility index (Phi) is 7.31. The van der Waals surface area contributed by atoms with Gasteiger partial charge in [0.2, 0.25) is 11.8 Å². The minimum absolute atomic E-state index is 0.0800. The van der Waals surface area contributed by atoms with Crippen LogP contribution in [0, 0.1) is 0 Å². The molecule has 0 aromatic heterocycles. The summed E-state index contributed by atoms with van der Waals surface area (Å²) in [6.07, 6.45) is 2.05. The molecule has 2 aromatic rings. The molecular formula is C21H23BrN2O4. The number of carbonyl (C=O) groups excluding carboxylic acids is 2. The summed E-state index contributed by atoms with van der Waals surface area (Å²) in [5, 5.41) is 5.59. The van der Waals surface area contributed by atoms with Gasteiger partial charge in [0.1, 0.15) is 0 Å². The molecule has 1 heterocycles. The van der Waals surface area contributed by atoms with Crippen LogP contribution in [-0.4, -0.2) is 31.6 Å². The number of hydrogen-bond acceptors (Lipinski definition) is 4. The summed E-state index contributed by atoms with van der Waals surface area (Å²) in [6, 6.07) is 13.1. The molecular weight excluding hydrogens is 424 g/mol. The van der Waals surface area contributed by atoms with Crippen LogP contribution in [0.5, 0.6) is 11.5 Å². The van der Waals surface area contributed by atoms with E-state index < -0.39 is 0 Å². The number of benzene rings is 2. The van der Waals surface area contributed by atoms with E-state index in [9.17, 15) is 9.59 Å². The van der Waals surface area contributed by atoms with Crippen molar-refractivity contribution in [1.82, 2.24) is 5.32 Å². The Morgan fingerprint density at radius 1 is 0.929 bits per heavy atom. The van der Waals surface area contributed by atoms with Crippen LogP contribution in [0.3, 0.4) is 0 Å². The van der Waals surface area contributed by atoms with E-state index in [1.165, 1.54) is 0 Å². The zero-order valence-corrected chi connectivity index (χ0v) is 17.1. The maximum Gasteiger partial charge on any atom is 0.226 e. The van der Waals surface area contributed by atoms with Crippen LogP contribution in [0.2, 0.25) is 0 Å². The van der Waals surface area contributed by atoms with Crippen LogP contribution in [0.25, 0.3) is 0 Å². The van der Waals surface area contributed by atoms with Gasteiger partial charge in [0.25, 0.3) is 0 Å². The zero-order chi connectivity index (χ0) is 19.8.